The lowest BCUT2D eigenvalue weighted by atomic mass is 10.0. The Morgan fingerprint density at radius 2 is 1.78 bits per heavy atom. The molecule has 0 fully saturated rings. The Kier molecular flexibility index (Phi) is 5.30. The largest absolute Gasteiger partial charge is 0.451 e. The third kappa shape index (κ3) is 5.01. The Morgan fingerprint density at radius 1 is 1.15 bits per heavy atom. The minimum absolute atomic E-state index is 0.00678. The minimum atomic E-state index is -4.54. The molecule has 0 unspecified atom stereocenters. The molecule has 148 valence electrons. The van der Waals surface area contributed by atoms with Gasteiger partial charge in [-0.05, 0) is 44.5 Å². The smallest absolute Gasteiger partial charge is 0.416 e. The van der Waals surface area contributed by atoms with Crippen molar-refractivity contribution < 1.29 is 35.9 Å². The van der Waals surface area contributed by atoms with Gasteiger partial charge in [-0.1, -0.05) is 0 Å². The van der Waals surface area contributed by atoms with E-state index >= 15 is 0 Å². The molecule has 2 rings (SSSR count). The fourth-order valence-electron chi connectivity index (χ4n) is 2.08. The van der Waals surface area contributed by atoms with E-state index in [1.165, 1.54) is 20.8 Å². The van der Waals surface area contributed by atoms with Crippen LogP contribution < -0.4 is 10.0 Å². The third-order valence-electron chi connectivity index (χ3n) is 3.58. The van der Waals surface area contributed by atoms with Crippen LogP contribution in [-0.2, 0) is 21.8 Å². The van der Waals surface area contributed by atoms with Crippen molar-refractivity contribution in [2.45, 2.75) is 37.6 Å². The number of rotatable bonds is 4. The highest BCUT2D eigenvalue weighted by Gasteiger charge is 2.31. The van der Waals surface area contributed by atoms with E-state index in [9.17, 15) is 31.5 Å². The van der Waals surface area contributed by atoms with Crippen molar-refractivity contribution in [3.63, 3.8) is 0 Å². The predicted molar refractivity (Wildman–Crippen MR) is 89.5 cm³/mol. The zero-order valence-corrected chi connectivity index (χ0v) is 15.3. The third-order valence-corrected chi connectivity index (χ3v) is 4.77. The van der Waals surface area contributed by atoms with Gasteiger partial charge in [0, 0.05) is 17.3 Å². The van der Waals surface area contributed by atoms with E-state index in [0.717, 1.165) is 30.5 Å². The molecule has 2 aromatic rings. The topological polar surface area (TPSA) is 109 Å². The predicted octanol–water partition coefficient (Wildman–Crippen LogP) is 3.34. The summed E-state index contributed by atoms with van der Waals surface area (Å²) in [4.78, 5) is 11.9. The number of urea groups is 1. The maximum atomic E-state index is 12.7. The second kappa shape index (κ2) is 6.89. The van der Waals surface area contributed by atoms with E-state index in [0.29, 0.717) is 0 Å². The number of carbonyl (C=O) groups is 1. The van der Waals surface area contributed by atoms with Crippen molar-refractivity contribution in [1.29, 1.82) is 0 Å². The molecule has 0 aliphatic carbocycles. The van der Waals surface area contributed by atoms with Gasteiger partial charge in [0.25, 0.3) is 10.0 Å². The highest BCUT2D eigenvalue weighted by molar-refractivity contribution is 7.89. The Bertz CT molecular complexity index is 959. The maximum Gasteiger partial charge on any atom is 0.416 e. The molecular formula is C16H17F3N2O5S. The van der Waals surface area contributed by atoms with Crippen LogP contribution in [0.3, 0.4) is 0 Å². The normalized spacial score (nSPS) is 12.7. The number of halogens is 3. The molecule has 0 saturated heterocycles. The molecule has 0 bridgehead atoms. The highest BCUT2D eigenvalue weighted by Crippen LogP contribution is 2.31. The molecule has 2 amide bonds. The van der Waals surface area contributed by atoms with Crippen LogP contribution in [0.25, 0.3) is 0 Å². The molecule has 1 aromatic heterocycles. The van der Waals surface area contributed by atoms with Crippen LogP contribution in [0.2, 0.25) is 0 Å². The van der Waals surface area contributed by atoms with Gasteiger partial charge in [-0.25, -0.2) is 9.52 Å². The number of carbonyl (C=O) groups excluding carboxylic acids is 1. The van der Waals surface area contributed by atoms with E-state index in [1.807, 2.05) is 0 Å². The van der Waals surface area contributed by atoms with Crippen LogP contribution in [0.4, 0.5) is 23.7 Å². The zero-order chi connectivity index (χ0) is 20.6. The Morgan fingerprint density at radius 3 is 2.26 bits per heavy atom. The number of furan rings is 1. The number of anilines is 1. The highest BCUT2D eigenvalue weighted by atomic mass is 32.2. The summed E-state index contributed by atoms with van der Waals surface area (Å²) in [7, 11) is -4.38. The second-order valence-corrected chi connectivity index (χ2v) is 7.91. The molecule has 0 aliphatic rings. The van der Waals surface area contributed by atoms with Gasteiger partial charge in [0.1, 0.15) is 0 Å². The standard InChI is InChI=1S/C16H17F3N2O5S/c1-9-6-10(16(17,18)19)4-5-12(9)20-14(22)21-27(24,25)13-7-11(8-26-13)15(2,3)23/h4-8,23H,1-3H3,(H2,20,21,22). The lowest BCUT2D eigenvalue weighted by Crippen LogP contribution is -2.34. The summed E-state index contributed by atoms with van der Waals surface area (Å²) in [5.41, 5.74) is -1.96. The lowest BCUT2D eigenvalue weighted by Gasteiger charge is -2.13. The maximum absolute atomic E-state index is 12.7. The van der Waals surface area contributed by atoms with Gasteiger partial charge < -0.3 is 14.8 Å². The zero-order valence-electron chi connectivity index (χ0n) is 14.5. The van der Waals surface area contributed by atoms with Crippen LogP contribution in [0.5, 0.6) is 0 Å². The molecule has 0 atom stereocenters. The van der Waals surface area contributed by atoms with E-state index in [-0.39, 0.29) is 16.8 Å². The SMILES string of the molecule is Cc1cc(C(F)(F)F)ccc1NC(=O)NS(=O)(=O)c1cc(C(C)(C)O)co1. The molecule has 27 heavy (non-hydrogen) atoms. The molecule has 1 aromatic carbocycles. The summed E-state index contributed by atoms with van der Waals surface area (Å²) >= 11 is 0. The molecule has 0 saturated carbocycles. The van der Waals surface area contributed by atoms with Crippen LogP contribution in [-0.4, -0.2) is 19.6 Å². The minimum Gasteiger partial charge on any atom is -0.451 e. The fourth-order valence-corrected chi connectivity index (χ4v) is 2.93. The van der Waals surface area contributed by atoms with Crippen molar-refractivity contribution in [3.8, 4) is 0 Å². The molecule has 7 nitrogen and oxygen atoms in total. The van der Waals surface area contributed by atoms with E-state index in [1.54, 1.807) is 4.72 Å². The molecular weight excluding hydrogens is 389 g/mol. The first kappa shape index (κ1) is 20.8. The van der Waals surface area contributed by atoms with E-state index < -0.39 is 38.5 Å². The average molecular weight is 406 g/mol. The summed E-state index contributed by atoms with van der Waals surface area (Å²) in [5.74, 6) is 0. The molecule has 0 spiro atoms. The second-order valence-electron chi connectivity index (χ2n) is 6.30. The van der Waals surface area contributed by atoms with Crippen LogP contribution >= 0.6 is 0 Å². The van der Waals surface area contributed by atoms with Gasteiger partial charge in [0.05, 0.1) is 17.4 Å². The number of hydrogen-bond donors (Lipinski definition) is 3. The van der Waals surface area contributed by atoms with Crippen LogP contribution in [0.15, 0.2) is 40.0 Å². The van der Waals surface area contributed by atoms with Crippen molar-refractivity contribution in [3.05, 3.63) is 47.2 Å². The number of nitrogens with one attached hydrogen (secondary N) is 2. The first-order valence-electron chi connectivity index (χ1n) is 7.53. The van der Waals surface area contributed by atoms with Gasteiger partial charge in [0.15, 0.2) is 0 Å². The average Bonchev–Trinajstić information content (AvgIpc) is 2.98. The lowest BCUT2D eigenvalue weighted by molar-refractivity contribution is -0.137. The van der Waals surface area contributed by atoms with Gasteiger partial charge in [-0.15, -0.1) is 0 Å². The fraction of sp³-hybridized carbons (Fsp3) is 0.312. The summed E-state index contributed by atoms with van der Waals surface area (Å²) in [5, 5.41) is 11.4. The van der Waals surface area contributed by atoms with Gasteiger partial charge in [-0.3, -0.25) is 0 Å². The number of benzene rings is 1. The molecule has 1 heterocycles. The van der Waals surface area contributed by atoms with Crippen LogP contribution in [0, 0.1) is 6.92 Å². The Labute approximate surface area is 153 Å². The van der Waals surface area contributed by atoms with Gasteiger partial charge in [-0.2, -0.15) is 21.6 Å². The van der Waals surface area contributed by atoms with Crippen molar-refractivity contribution in [1.82, 2.24) is 4.72 Å². The van der Waals surface area contributed by atoms with Crippen molar-refractivity contribution >= 4 is 21.7 Å². The molecule has 0 radical (unpaired) electrons. The first-order valence-corrected chi connectivity index (χ1v) is 9.01. The number of aryl methyl sites for hydroxylation is 1. The van der Waals surface area contributed by atoms with Crippen LogP contribution in [0.1, 0.15) is 30.5 Å². The molecule has 11 heteroatoms. The summed E-state index contributed by atoms with van der Waals surface area (Å²) in [6.07, 6.45) is -3.50. The summed E-state index contributed by atoms with van der Waals surface area (Å²) < 4.78 is 68.8. The van der Waals surface area contributed by atoms with Gasteiger partial charge in [0.2, 0.25) is 5.09 Å². The quantitative estimate of drug-likeness (QED) is 0.722. The van der Waals surface area contributed by atoms with E-state index in [4.69, 9.17) is 4.42 Å². The van der Waals surface area contributed by atoms with Crippen molar-refractivity contribution in [2.24, 2.45) is 0 Å². The number of hydrogen-bond acceptors (Lipinski definition) is 5. The summed E-state index contributed by atoms with van der Waals surface area (Å²) in [6.45, 7) is 4.17. The first-order chi connectivity index (χ1) is 12.2. The monoisotopic (exact) mass is 406 g/mol. The van der Waals surface area contributed by atoms with Gasteiger partial charge >= 0.3 is 12.2 Å². The Hall–Kier alpha value is -2.53. The molecule has 0 aliphatic heterocycles. The summed E-state index contributed by atoms with van der Waals surface area (Å²) in [6, 6.07) is 2.48. The Balaban J connectivity index is 2.14. The van der Waals surface area contributed by atoms with E-state index in [2.05, 4.69) is 5.32 Å². The number of aliphatic hydroxyl groups is 1. The molecule has 3 N–H and O–H groups in total. The number of amides is 2. The number of alkyl halides is 3. The number of sulfonamides is 1. The van der Waals surface area contributed by atoms with Crippen molar-refractivity contribution in [2.75, 3.05) is 5.32 Å².